The van der Waals surface area contributed by atoms with Crippen LogP contribution in [0.25, 0.3) is 16.6 Å². The molecule has 1 unspecified atom stereocenters. The van der Waals surface area contributed by atoms with Gasteiger partial charge in [0, 0.05) is 12.1 Å². The molecule has 0 radical (unpaired) electrons. The number of benzene rings is 2. The number of nitro groups is 1. The summed E-state index contributed by atoms with van der Waals surface area (Å²) < 4.78 is 42.4. The number of nitrogens with zero attached hydrogens (tertiary/aromatic N) is 3. The van der Waals surface area contributed by atoms with Gasteiger partial charge in [-0.2, -0.15) is 0 Å². The maximum atomic E-state index is 13.3. The van der Waals surface area contributed by atoms with Crippen molar-refractivity contribution >= 4 is 16.6 Å². The van der Waals surface area contributed by atoms with Gasteiger partial charge >= 0.3 is 6.36 Å². The number of nitro benzene ring substituents is 1. The Morgan fingerprint density at radius 1 is 1.20 bits per heavy atom. The van der Waals surface area contributed by atoms with Crippen molar-refractivity contribution in [2.75, 3.05) is 6.54 Å². The molecule has 1 atom stereocenters. The zero-order valence-electron chi connectivity index (χ0n) is 15.3. The van der Waals surface area contributed by atoms with Crippen LogP contribution in [0.5, 0.6) is 5.75 Å². The number of alkyl halides is 3. The zero-order valence-corrected chi connectivity index (χ0v) is 15.3. The average molecular weight is 420 g/mol. The third-order valence-corrected chi connectivity index (χ3v) is 4.79. The number of hydrogen-bond acceptors (Lipinski definition) is 6. The maximum absolute atomic E-state index is 13.3. The molecule has 0 spiro atoms. The van der Waals surface area contributed by atoms with Crippen molar-refractivity contribution in [3.63, 3.8) is 0 Å². The first-order valence-corrected chi connectivity index (χ1v) is 9.03. The van der Waals surface area contributed by atoms with Crippen molar-refractivity contribution in [3.05, 3.63) is 68.8 Å². The van der Waals surface area contributed by atoms with E-state index in [2.05, 4.69) is 15.0 Å². The van der Waals surface area contributed by atoms with E-state index >= 15 is 0 Å². The molecule has 1 aromatic heterocycles. The molecule has 30 heavy (non-hydrogen) atoms. The molecule has 1 fully saturated rings. The molecule has 11 heteroatoms. The summed E-state index contributed by atoms with van der Waals surface area (Å²) >= 11 is 0. The Hall–Kier alpha value is -3.47. The minimum Gasteiger partial charge on any atom is -0.406 e. The fraction of sp³-hybridized carbons (Fsp3) is 0.263. The highest BCUT2D eigenvalue weighted by molar-refractivity contribution is 5.80. The normalized spacial score (nSPS) is 16.7. The van der Waals surface area contributed by atoms with E-state index in [1.165, 1.54) is 28.8 Å². The van der Waals surface area contributed by atoms with Gasteiger partial charge in [0.05, 0.1) is 27.6 Å². The van der Waals surface area contributed by atoms with Crippen molar-refractivity contribution in [2.45, 2.75) is 25.2 Å². The van der Waals surface area contributed by atoms with Gasteiger partial charge < -0.3 is 10.1 Å². The van der Waals surface area contributed by atoms with Crippen LogP contribution >= 0.6 is 0 Å². The van der Waals surface area contributed by atoms with E-state index in [0.29, 0.717) is 11.3 Å². The Kier molecular flexibility index (Phi) is 4.90. The fourth-order valence-corrected chi connectivity index (χ4v) is 3.49. The lowest BCUT2D eigenvalue weighted by Gasteiger charge is -2.18. The molecule has 8 nitrogen and oxygen atoms in total. The average Bonchev–Trinajstić information content (AvgIpc) is 3.22. The molecule has 156 valence electrons. The molecule has 1 N–H and O–H groups in total. The molecular formula is C19H15F3N4O4. The molecule has 0 bridgehead atoms. The smallest absolute Gasteiger partial charge is 0.406 e. The second-order valence-electron chi connectivity index (χ2n) is 6.76. The first-order valence-electron chi connectivity index (χ1n) is 9.03. The molecular weight excluding hydrogens is 405 g/mol. The van der Waals surface area contributed by atoms with Crippen LogP contribution < -0.4 is 15.6 Å². The largest absolute Gasteiger partial charge is 0.573 e. The topological polar surface area (TPSA) is 99.3 Å². The minimum absolute atomic E-state index is 0.0431. The van der Waals surface area contributed by atoms with Gasteiger partial charge in [0.1, 0.15) is 11.6 Å². The van der Waals surface area contributed by atoms with Crippen LogP contribution in [-0.2, 0) is 0 Å². The Balaban J connectivity index is 1.89. The van der Waals surface area contributed by atoms with Crippen LogP contribution in [0.3, 0.4) is 0 Å². The zero-order chi connectivity index (χ0) is 21.5. The van der Waals surface area contributed by atoms with Crippen LogP contribution in [0.15, 0.2) is 47.3 Å². The highest BCUT2D eigenvalue weighted by atomic mass is 19.4. The SMILES string of the molecule is O=c1c2cc([N+](=O)[O-])ccc2nc(C2CCCN2)n1-c1ccc(OC(F)(F)F)cc1. The lowest BCUT2D eigenvalue weighted by atomic mass is 10.1. The highest BCUT2D eigenvalue weighted by Gasteiger charge is 2.31. The van der Waals surface area contributed by atoms with Gasteiger partial charge in [-0.25, -0.2) is 4.98 Å². The van der Waals surface area contributed by atoms with E-state index in [1.54, 1.807) is 0 Å². The standard InChI is InChI=1S/C19H15F3N4O4/c20-19(21,22)30-13-6-3-11(4-7-13)25-17(16-2-1-9-23-16)24-15-8-5-12(26(28)29)10-14(15)18(25)27/h3-8,10,16,23H,1-2,9H2. The van der Waals surface area contributed by atoms with Crippen LogP contribution in [0.4, 0.5) is 18.9 Å². The summed E-state index contributed by atoms with van der Waals surface area (Å²) in [6.07, 6.45) is -3.24. The molecule has 2 aromatic carbocycles. The number of hydrogen-bond donors (Lipinski definition) is 1. The van der Waals surface area contributed by atoms with E-state index in [9.17, 15) is 28.1 Å². The Bertz CT molecular complexity index is 1170. The Labute approximate surface area is 167 Å². The summed E-state index contributed by atoms with van der Waals surface area (Å²) in [5.41, 5.74) is -0.216. The summed E-state index contributed by atoms with van der Waals surface area (Å²) in [5, 5.41) is 14.4. The summed E-state index contributed by atoms with van der Waals surface area (Å²) in [7, 11) is 0. The lowest BCUT2D eigenvalue weighted by Crippen LogP contribution is -2.28. The second-order valence-corrected chi connectivity index (χ2v) is 6.76. The van der Waals surface area contributed by atoms with Crippen LogP contribution in [0.1, 0.15) is 24.7 Å². The summed E-state index contributed by atoms with van der Waals surface area (Å²) in [6.45, 7) is 0.733. The van der Waals surface area contributed by atoms with E-state index in [-0.39, 0.29) is 22.8 Å². The van der Waals surface area contributed by atoms with Crippen molar-refractivity contribution in [2.24, 2.45) is 0 Å². The minimum atomic E-state index is -4.83. The lowest BCUT2D eigenvalue weighted by molar-refractivity contribution is -0.384. The fourth-order valence-electron chi connectivity index (χ4n) is 3.49. The van der Waals surface area contributed by atoms with Crippen molar-refractivity contribution in [1.82, 2.24) is 14.9 Å². The van der Waals surface area contributed by atoms with Crippen molar-refractivity contribution in [1.29, 1.82) is 0 Å². The van der Waals surface area contributed by atoms with Crippen LogP contribution in [-0.4, -0.2) is 27.4 Å². The van der Waals surface area contributed by atoms with E-state index < -0.39 is 22.6 Å². The monoisotopic (exact) mass is 420 g/mol. The molecule has 1 aliphatic rings. The number of fused-ring (bicyclic) bond motifs is 1. The van der Waals surface area contributed by atoms with Gasteiger partial charge in [-0.3, -0.25) is 19.5 Å². The van der Waals surface area contributed by atoms with Gasteiger partial charge in [0.25, 0.3) is 11.2 Å². The Morgan fingerprint density at radius 2 is 1.93 bits per heavy atom. The molecule has 3 aromatic rings. The maximum Gasteiger partial charge on any atom is 0.573 e. The third kappa shape index (κ3) is 3.83. The van der Waals surface area contributed by atoms with Gasteiger partial charge in [-0.1, -0.05) is 0 Å². The van der Waals surface area contributed by atoms with Crippen molar-refractivity contribution < 1.29 is 22.8 Å². The van der Waals surface area contributed by atoms with Gasteiger partial charge in [0.15, 0.2) is 0 Å². The number of ether oxygens (including phenoxy) is 1. The number of non-ortho nitro benzene ring substituents is 1. The first-order chi connectivity index (χ1) is 14.2. The second kappa shape index (κ2) is 7.41. The predicted molar refractivity (Wildman–Crippen MR) is 101 cm³/mol. The Morgan fingerprint density at radius 3 is 2.53 bits per heavy atom. The molecule has 1 saturated heterocycles. The highest BCUT2D eigenvalue weighted by Crippen LogP contribution is 2.28. The van der Waals surface area contributed by atoms with Gasteiger partial charge in [-0.05, 0) is 49.7 Å². The number of aromatic nitrogens is 2. The summed E-state index contributed by atoms with van der Waals surface area (Å²) in [6, 6.07) is 8.42. The number of nitrogens with one attached hydrogen (secondary N) is 1. The number of halogens is 3. The summed E-state index contributed by atoms with van der Waals surface area (Å²) in [4.78, 5) is 28.3. The van der Waals surface area contributed by atoms with Gasteiger partial charge in [0.2, 0.25) is 0 Å². The van der Waals surface area contributed by atoms with Crippen LogP contribution in [0, 0.1) is 10.1 Å². The molecule has 2 heterocycles. The molecule has 4 rings (SSSR count). The van der Waals surface area contributed by atoms with E-state index in [4.69, 9.17) is 0 Å². The summed E-state index contributed by atoms with van der Waals surface area (Å²) in [5.74, 6) is -0.0347. The molecule has 1 aliphatic heterocycles. The van der Waals surface area contributed by atoms with E-state index in [1.807, 2.05) is 0 Å². The molecule has 0 amide bonds. The number of rotatable bonds is 4. The van der Waals surface area contributed by atoms with Crippen molar-refractivity contribution in [3.8, 4) is 11.4 Å². The molecule has 0 aliphatic carbocycles. The van der Waals surface area contributed by atoms with E-state index in [0.717, 1.165) is 37.6 Å². The third-order valence-electron chi connectivity index (χ3n) is 4.79. The quantitative estimate of drug-likeness (QED) is 0.511. The first kappa shape index (κ1) is 19.8. The van der Waals surface area contributed by atoms with Gasteiger partial charge in [-0.15, -0.1) is 13.2 Å². The van der Waals surface area contributed by atoms with Crippen LogP contribution in [0.2, 0.25) is 0 Å². The predicted octanol–water partition coefficient (Wildman–Crippen LogP) is 3.62. The molecule has 0 saturated carbocycles.